The van der Waals surface area contributed by atoms with Gasteiger partial charge in [-0.3, -0.25) is 0 Å². The van der Waals surface area contributed by atoms with Crippen LogP contribution >= 0.6 is 11.3 Å². The lowest BCUT2D eigenvalue weighted by molar-refractivity contribution is 0.550. The van der Waals surface area contributed by atoms with Crippen molar-refractivity contribution in [2.45, 2.75) is 19.4 Å². The molecule has 0 aliphatic heterocycles. The average molecular weight is 170 g/mol. The second-order valence-corrected chi connectivity index (χ2v) is 4.27. The molecule has 0 bridgehead atoms. The first-order chi connectivity index (χ1) is 5.08. The van der Waals surface area contributed by atoms with E-state index in [0.717, 1.165) is 6.54 Å². The fourth-order valence-corrected chi connectivity index (χ4v) is 1.31. The van der Waals surface area contributed by atoms with Crippen molar-refractivity contribution in [1.29, 1.82) is 0 Å². The molecule has 0 saturated heterocycles. The van der Waals surface area contributed by atoms with Crippen molar-refractivity contribution in [2.75, 3.05) is 11.9 Å². The number of anilines is 1. The molecular weight excluding hydrogens is 156 g/mol. The number of rotatable bonds is 3. The molecule has 0 spiro atoms. The molecule has 11 heavy (non-hydrogen) atoms. The van der Waals surface area contributed by atoms with Crippen molar-refractivity contribution >= 4 is 16.3 Å². The summed E-state index contributed by atoms with van der Waals surface area (Å²) in [6.45, 7) is 4.83. The molecule has 0 radical (unpaired) electrons. The fraction of sp³-hybridized carbons (Fsp3) is 0.500. The average Bonchev–Trinajstić information content (AvgIpc) is 2.32. The molecule has 62 valence electrons. The van der Waals surface area contributed by atoms with Crippen LogP contribution in [0.25, 0.3) is 0 Å². The zero-order valence-corrected chi connectivity index (χ0v) is 7.74. The lowest BCUT2D eigenvalue weighted by Crippen LogP contribution is -2.39. The van der Waals surface area contributed by atoms with Crippen molar-refractivity contribution in [3.63, 3.8) is 0 Å². The van der Waals surface area contributed by atoms with Gasteiger partial charge in [-0.25, -0.2) is 0 Å². The molecule has 0 aliphatic carbocycles. The second kappa shape index (κ2) is 3.24. The molecule has 1 aromatic heterocycles. The number of nitrogens with one attached hydrogen (secondary N) is 1. The zero-order chi connectivity index (χ0) is 8.32. The van der Waals surface area contributed by atoms with Crippen LogP contribution in [0.1, 0.15) is 13.8 Å². The van der Waals surface area contributed by atoms with Crippen molar-refractivity contribution in [1.82, 2.24) is 0 Å². The number of thiophene rings is 1. The van der Waals surface area contributed by atoms with Gasteiger partial charge in [0.15, 0.2) is 0 Å². The third-order valence-corrected chi connectivity index (χ3v) is 2.07. The van der Waals surface area contributed by atoms with E-state index in [-0.39, 0.29) is 5.54 Å². The third-order valence-electron chi connectivity index (χ3n) is 1.24. The van der Waals surface area contributed by atoms with Gasteiger partial charge in [-0.1, -0.05) is 0 Å². The minimum atomic E-state index is -0.135. The van der Waals surface area contributed by atoms with Gasteiger partial charge in [0.25, 0.3) is 0 Å². The van der Waals surface area contributed by atoms with Crippen LogP contribution in [-0.2, 0) is 0 Å². The highest BCUT2D eigenvalue weighted by atomic mass is 32.1. The standard InChI is InChI=1S/C8H14N2S/c1-8(2,9)6-10-7-4-3-5-11-7/h3-5,10H,6,9H2,1-2H3. The van der Waals surface area contributed by atoms with Crippen LogP contribution in [0.3, 0.4) is 0 Å². The quantitative estimate of drug-likeness (QED) is 0.727. The summed E-state index contributed by atoms with van der Waals surface area (Å²) in [6, 6.07) is 4.08. The Balaban J connectivity index is 2.35. The summed E-state index contributed by atoms with van der Waals surface area (Å²) >= 11 is 1.70. The van der Waals surface area contributed by atoms with Gasteiger partial charge in [-0.2, -0.15) is 0 Å². The summed E-state index contributed by atoms with van der Waals surface area (Å²) in [5.74, 6) is 0. The first-order valence-corrected chi connectivity index (χ1v) is 4.52. The summed E-state index contributed by atoms with van der Waals surface area (Å²) in [5, 5.41) is 6.49. The van der Waals surface area contributed by atoms with E-state index in [4.69, 9.17) is 5.73 Å². The lowest BCUT2D eigenvalue weighted by Gasteiger charge is -2.18. The van der Waals surface area contributed by atoms with Gasteiger partial charge in [-0.15, -0.1) is 11.3 Å². The molecule has 0 saturated carbocycles. The van der Waals surface area contributed by atoms with E-state index in [2.05, 4.69) is 11.4 Å². The molecular formula is C8H14N2S. The highest BCUT2D eigenvalue weighted by Crippen LogP contribution is 2.15. The van der Waals surface area contributed by atoms with E-state index in [9.17, 15) is 0 Å². The maximum Gasteiger partial charge on any atom is 0.0883 e. The molecule has 0 aliphatic rings. The SMILES string of the molecule is CC(C)(N)CNc1cccs1. The Kier molecular flexibility index (Phi) is 2.52. The predicted molar refractivity (Wildman–Crippen MR) is 51.1 cm³/mol. The van der Waals surface area contributed by atoms with Crippen LogP contribution in [0.4, 0.5) is 5.00 Å². The van der Waals surface area contributed by atoms with E-state index in [1.54, 1.807) is 11.3 Å². The Morgan fingerprint density at radius 3 is 2.82 bits per heavy atom. The van der Waals surface area contributed by atoms with E-state index in [1.165, 1.54) is 5.00 Å². The molecule has 2 nitrogen and oxygen atoms in total. The second-order valence-electron chi connectivity index (χ2n) is 3.32. The van der Waals surface area contributed by atoms with Gasteiger partial charge >= 0.3 is 0 Å². The molecule has 0 atom stereocenters. The topological polar surface area (TPSA) is 38.0 Å². The van der Waals surface area contributed by atoms with Crippen LogP contribution in [0, 0.1) is 0 Å². The van der Waals surface area contributed by atoms with Gasteiger partial charge in [0.05, 0.1) is 5.00 Å². The summed E-state index contributed by atoms with van der Waals surface area (Å²) in [4.78, 5) is 0. The van der Waals surface area contributed by atoms with Gasteiger partial charge in [0.2, 0.25) is 0 Å². The third kappa shape index (κ3) is 3.39. The van der Waals surface area contributed by atoms with Crippen LogP contribution in [0.15, 0.2) is 17.5 Å². The molecule has 0 fully saturated rings. The molecule has 1 rings (SSSR count). The fourth-order valence-electron chi connectivity index (χ4n) is 0.694. The largest absolute Gasteiger partial charge is 0.375 e. The van der Waals surface area contributed by atoms with Gasteiger partial charge in [0.1, 0.15) is 0 Å². The molecule has 1 heterocycles. The molecule has 0 amide bonds. The number of hydrogen-bond acceptors (Lipinski definition) is 3. The Bertz CT molecular complexity index is 198. The Labute approximate surface area is 71.4 Å². The van der Waals surface area contributed by atoms with Gasteiger partial charge in [0, 0.05) is 12.1 Å². The minimum absolute atomic E-state index is 0.135. The predicted octanol–water partition coefficient (Wildman–Crippen LogP) is 1.90. The molecule has 3 N–H and O–H groups in total. The smallest absolute Gasteiger partial charge is 0.0883 e. The van der Waals surface area contributed by atoms with Crippen LogP contribution < -0.4 is 11.1 Å². The van der Waals surface area contributed by atoms with E-state index < -0.39 is 0 Å². The van der Waals surface area contributed by atoms with Crippen LogP contribution in [0.5, 0.6) is 0 Å². The summed E-state index contributed by atoms with van der Waals surface area (Å²) in [7, 11) is 0. The number of nitrogens with two attached hydrogens (primary N) is 1. The Hall–Kier alpha value is -0.540. The summed E-state index contributed by atoms with van der Waals surface area (Å²) < 4.78 is 0. The maximum absolute atomic E-state index is 5.79. The van der Waals surface area contributed by atoms with Crippen molar-refractivity contribution in [3.8, 4) is 0 Å². The highest BCUT2D eigenvalue weighted by molar-refractivity contribution is 7.14. The molecule has 3 heteroatoms. The Morgan fingerprint density at radius 2 is 2.36 bits per heavy atom. The highest BCUT2D eigenvalue weighted by Gasteiger charge is 2.09. The summed E-state index contributed by atoms with van der Waals surface area (Å²) in [6.07, 6.45) is 0. The molecule has 0 aromatic carbocycles. The van der Waals surface area contributed by atoms with E-state index in [0.29, 0.717) is 0 Å². The summed E-state index contributed by atoms with van der Waals surface area (Å²) in [5.41, 5.74) is 5.66. The molecule has 0 unspecified atom stereocenters. The van der Waals surface area contributed by atoms with Crippen LogP contribution in [0.2, 0.25) is 0 Å². The van der Waals surface area contributed by atoms with E-state index >= 15 is 0 Å². The normalized spacial score (nSPS) is 11.5. The lowest BCUT2D eigenvalue weighted by atomic mass is 10.1. The zero-order valence-electron chi connectivity index (χ0n) is 6.92. The van der Waals surface area contributed by atoms with Crippen molar-refractivity contribution in [3.05, 3.63) is 17.5 Å². The van der Waals surface area contributed by atoms with Crippen molar-refractivity contribution in [2.24, 2.45) is 5.73 Å². The van der Waals surface area contributed by atoms with E-state index in [1.807, 2.05) is 25.3 Å². The van der Waals surface area contributed by atoms with Crippen LogP contribution in [-0.4, -0.2) is 12.1 Å². The first kappa shape index (κ1) is 8.56. The van der Waals surface area contributed by atoms with Crippen molar-refractivity contribution < 1.29 is 0 Å². The minimum Gasteiger partial charge on any atom is -0.375 e. The Morgan fingerprint density at radius 1 is 1.64 bits per heavy atom. The number of hydrogen-bond donors (Lipinski definition) is 2. The monoisotopic (exact) mass is 170 g/mol. The van der Waals surface area contributed by atoms with Gasteiger partial charge in [-0.05, 0) is 31.4 Å². The van der Waals surface area contributed by atoms with Gasteiger partial charge < -0.3 is 11.1 Å². The molecule has 1 aromatic rings. The maximum atomic E-state index is 5.79. The first-order valence-electron chi connectivity index (χ1n) is 3.64.